The summed E-state index contributed by atoms with van der Waals surface area (Å²) >= 11 is 0. The maximum Gasteiger partial charge on any atom is 0.222 e. The van der Waals surface area contributed by atoms with Crippen molar-refractivity contribution in [3.8, 4) is 11.5 Å². The zero-order valence-electron chi connectivity index (χ0n) is 18.1. The molecule has 2 aromatic carbocycles. The molecule has 0 unspecified atom stereocenters. The van der Waals surface area contributed by atoms with Crippen molar-refractivity contribution in [1.82, 2.24) is 9.80 Å². The number of carbonyl (C=O) groups excluding carboxylic acids is 3. The number of ketones is 1. The van der Waals surface area contributed by atoms with Gasteiger partial charge in [0.2, 0.25) is 11.8 Å². The molecule has 0 saturated carbocycles. The van der Waals surface area contributed by atoms with Crippen LogP contribution in [0.5, 0.6) is 11.5 Å². The molecule has 0 aliphatic carbocycles. The van der Waals surface area contributed by atoms with Crippen LogP contribution in [0.25, 0.3) is 0 Å². The van der Waals surface area contributed by atoms with E-state index in [1.165, 1.54) is 0 Å². The lowest BCUT2D eigenvalue weighted by Gasteiger charge is -2.16. The normalized spacial score (nSPS) is 16.0. The predicted octanol–water partition coefficient (Wildman–Crippen LogP) is 2.92. The fourth-order valence-electron chi connectivity index (χ4n) is 4.00. The fourth-order valence-corrected chi connectivity index (χ4v) is 4.00. The average Bonchev–Trinajstić information content (AvgIpc) is 3.42. The molecule has 2 aliphatic rings. The fraction of sp³-hybridized carbons (Fsp3) is 0.400. The first-order valence-corrected chi connectivity index (χ1v) is 11.2. The predicted molar refractivity (Wildman–Crippen MR) is 119 cm³/mol. The third kappa shape index (κ3) is 5.46. The van der Waals surface area contributed by atoms with E-state index in [1.54, 1.807) is 48.5 Å². The highest BCUT2D eigenvalue weighted by Gasteiger charge is 2.20. The minimum Gasteiger partial charge on any atom is -0.492 e. The SMILES string of the molecule is O=C(c1ccc(OCCN2CCCC2=O)cc1)c1ccc(OCCN2CCCC2=O)cc1. The van der Waals surface area contributed by atoms with Gasteiger partial charge >= 0.3 is 0 Å². The molecule has 0 bridgehead atoms. The van der Waals surface area contributed by atoms with Gasteiger partial charge in [0.15, 0.2) is 5.78 Å². The average molecular weight is 437 g/mol. The van der Waals surface area contributed by atoms with Crippen LogP contribution in [0.2, 0.25) is 0 Å². The van der Waals surface area contributed by atoms with Gasteiger partial charge in [-0.1, -0.05) is 0 Å². The van der Waals surface area contributed by atoms with Crippen molar-refractivity contribution < 1.29 is 23.9 Å². The van der Waals surface area contributed by atoms with Crippen LogP contribution in [0.4, 0.5) is 0 Å². The maximum atomic E-state index is 12.7. The molecular formula is C25H28N2O5. The number of likely N-dealkylation sites (tertiary alicyclic amines) is 2. The highest BCUT2D eigenvalue weighted by Crippen LogP contribution is 2.19. The first kappa shape index (κ1) is 21.9. The number of ether oxygens (including phenoxy) is 2. The van der Waals surface area contributed by atoms with Gasteiger partial charge in [-0.25, -0.2) is 0 Å². The number of benzene rings is 2. The van der Waals surface area contributed by atoms with E-state index in [-0.39, 0.29) is 17.6 Å². The largest absolute Gasteiger partial charge is 0.492 e. The van der Waals surface area contributed by atoms with Crippen LogP contribution in [0.3, 0.4) is 0 Å². The van der Waals surface area contributed by atoms with Crippen molar-refractivity contribution >= 4 is 17.6 Å². The van der Waals surface area contributed by atoms with Crippen molar-refractivity contribution in [3.63, 3.8) is 0 Å². The second kappa shape index (κ2) is 10.3. The molecule has 2 aliphatic heterocycles. The smallest absolute Gasteiger partial charge is 0.222 e. The Bertz CT molecular complexity index is 878. The minimum absolute atomic E-state index is 0.0755. The lowest BCUT2D eigenvalue weighted by atomic mass is 10.0. The Kier molecular flexibility index (Phi) is 7.04. The van der Waals surface area contributed by atoms with E-state index in [0.29, 0.717) is 61.8 Å². The molecule has 7 nitrogen and oxygen atoms in total. The summed E-state index contributed by atoms with van der Waals surface area (Å²) in [5.41, 5.74) is 1.15. The number of hydrogen-bond acceptors (Lipinski definition) is 5. The van der Waals surface area contributed by atoms with E-state index in [4.69, 9.17) is 9.47 Å². The zero-order valence-corrected chi connectivity index (χ0v) is 18.1. The molecule has 0 spiro atoms. The zero-order chi connectivity index (χ0) is 22.3. The molecular weight excluding hydrogens is 408 g/mol. The third-order valence-electron chi connectivity index (χ3n) is 5.84. The second-order valence-corrected chi connectivity index (χ2v) is 8.04. The number of nitrogens with zero attached hydrogens (tertiary/aromatic N) is 2. The van der Waals surface area contributed by atoms with Crippen LogP contribution in [0.1, 0.15) is 41.6 Å². The molecule has 2 heterocycles. The van der Waals surface area contributed by atoms with Gasteiger partial charge in [0.25, 0.3) is 0 Å². The third-order valence-corrected chi connectivity index (χ3v) is 5.84. The molecule has 2 fully saturated rings. The number of hydrogen-bond donors (Lipinski definition) is 0. The Hall–Kier alpha value is -3.35. The van der Waals surface area contributed by atoms with Gasteiger partial charge in [0.05, 0.1) is 13.1 Å². The molecule has 0 radical (unpaired) electrons. The standard InChI is InChI=1S/C25H28N2O5/c28-23-3-1-13-26(23)15-17-31-21-9-5-19(6-10-21)25(30)20-7-11-22(12-8-20)32-18-16-27-14-2-4-24(27)29/h5-12H,1-4,13-18H2. The minimum atomic E-state index is -0.0755. The van der Waals surface area contributed by atoms with Gasteiger partial charge in [-0.05, 0) is 61.4 Å². The molecule has 0 atom stereocenters. The summed E-state index contributed by atoms with van der Waals surface area (Å²) in [6.07, 6.45) is 3.10. The van der Waals surface area contributed by atoms with Gasteiger partial charge in [-0.3, -0.25) is 14.4 Å². The van der Waals surface area contributed by atoms with Crippen molar-refractivity contribution in [3.05, 3.63) is 59.7 Å². The molecule has 4 rings (SSSR count). The molecule has 168 valence electrons. The number of amides is 2. The van der Waals surface area contributed by atoms with Gasteiger partial charge in [-0.2, -0.15) is 0 Å². The van der Waals surface area contributed by atoms with Crippen molar-refractivity contribution in [2.75, 3.05) is 39.4 Å². The quantitative estimate of drug-likeness (QED) is 0.536. The first-order chi connectivity index (χ1) is 15.6. The van der Waals surface area contributed by atoms with Crippen molar-refractivity contribution in [2.45, 2.75) is 25.7 Å². The van der Waals surface area contributed by atoms with E-state index in [1.807, 2.05) is 9.80 Å². The van der Waals surface area contributed by atoms with Crippen LogP contribution in [0, 0.1) is 0 Å². The van der Waals surface area contributed by atoms with E-state index in [9.17, 15) is 14.4 Å². The topological polar surface area (TPSA) is 76.2 Å². The monoisotopic (exact) mass is 436 g/mol. The van der Waals surface area contributed by atoms with E-state index in [0.717, 1.165) is 25.9 Å². The van der Waals surface area contributed by atoms with Crippen molar-refractivity contribution in [2.24, 2.45) is 0 Å². The van der Waals surface area contributed by atoms with Gasteiger partial charge < -0.3 is 19.3 Å². The summed E-state index contributed by atoms with van der Waals surface area (Å²) in [6.45, 7) is 3.65. The summed E-state index contributed by atoms with van der Waals surface area (Å²) in [4.78, 5) is 39.6. The van der Waals surface area contributed by atoms with Crippen LogP contribution in [-0.2, 0) is 9.59 Å². The Morgan fingerprint density at radius 2 is 1.09 bits per heavy atom. The highest BCUT2D eigenvalue weighted by molar-refractivity contribution is 6.09. The van der Waals surface area contributed by atoms with Crippen LogP contribution in [-0.4, -0.2) is 66.8 Å². The number of carbonyl (C=O) groups is 3. The molecule has 32 heavy (non-hydrogen) atoms. The summed E-state index contributed by atoms with van der Waals surface area (Å²) in [6, 6.07) is 14.1. The Morgan fingerprint density at radius 1 is 0.688 bits per heavy atom. The first-order valence-electron chi connectivity index (χ1n) is 11.2. The van der Waals surface area contributed by atoms with Gasteiger partial charge in [0, 0.05) is 37.1 Å². The van der Waals surface area contributed by atoms with Gasteiger partial charge in [0.1, 0.15) is 24.7 Å². The summed E-state index contributed by atoms with van der Waals surface area (Å²) in [5, 5.41) is 0. The van der Waals surface area contributed by atoms with Crippen molar-refractivity contribution in [1.29, 1.82) is 0 Å². The Labute approximate surface area is 187 Å². The molecule has 7 heteroatoms. The number of rotatable bonds is 10. The maximum absolute atomic E-state index is 12.7. The summed E-state index contributed by atoms with van der Waals surface area (Å²) in [7, 11) is 0. The highest BCUT2D eigenvalue weighted by atomic mass is 16.5. The Morgan fingerprint density at radius 3 is 1.44 bits per heavy atom. The molecule has 2 saturated heterocycles. The lowest BCUT2D eigenvalue weighted by molar-refractivity contribution is -0.128. The summed E-state index contributed by atoms with van der Waals surface area (Å²) in [5.74, 6) is 1.65. The van der Waals surface area contributed by atoms with Crippen LogP contribution in [0.15, 0.2) is 48.5 Å². The second-order valence-electron chi connectivity index (χ2n) is 8.04. The van der Waals surface area contributed by atoms with E-state index < -0.39 is 0 Å². The van der Waals surface area contributed by atoms with E-state index >= 15 is 0 Å². The lowest BCUT2D eigenvalue weighted by Crippen LogP contribution is -2.29. The summed E-state index contributed by atoms with van der Waals surface area (Å²) < 4.78 is 11.4. The molecule has 0 N–H and O–H groups in total. The van der Waals surface area contributed by atoms with Gasteiger partial charge in [-0.15, -0.1) is 0 Å². The Balaban J connectivity index is 1.24. The molecule has 0 aromatic heterocycles. The molecule has 2 aromatic rings. The van der Waals surface area contributed by atoms with E-state index in [2.05, 4.69) is 0 Å². The van der Waals surface area contributed by atoms with Crippen LogP contribution < -0.4 is 9.47 Å². The molecule has 2 amide bonds. The van der Waals surface area contributed by atoms with Crippen LogP contribution >= 0.6 is 0 Å².